The molecule has 3 N–H and O–H groups in total. The van der Waals surface area contributed by atoms with Crippen LogP contribution in [0, 0.1) is 0 Å². The number of rotatable bonds is 9. The average Bonchev–Trinajstić information content (AvgIpc) is 3.14. The number of halogens is 1. The second-order valence-electron chi connectivity index (χ2n) is 5.29. The van der Waals surface area contributed by atoms with Crippen LogP contribution in [0.5, 0.6) is 0 Å². The molecule has 0 saturated carbocycles. The van der Waals surface area contributed by atoms with Crippen LogP contribution < -0.4 is 11.1 Å². The number of aromatic nitrogens is 1. The maximum Gasteiger partial charge on any atom is 0.407 e. The first-order valence-corrected chi connectivity index (χ1v) is 8.68. The highest BCUT2D eigenvalue weighted by Gasteiger charge is 2.17. The Bertz CT molecular complexity index is 638. The second-order valence-corrected chi connectivity index (χ2v) is 6.19. The number of nitrogens with zero attached hydrogens (tertiary/aromatic N) is 1. The van der Waals surface area contributed by atoms with E-state index < -0.39 is 12.1 Å². The van der Waals surface area contributed by atoms with Crippen molar-refractivity contribution in [2.75, 3.05) is 6.54 Å². The van der Waals surface area contributed by atoms with E-state index in [1.807, 2.05) is 30.3 Å². The molecule has 1 aromatic carbocycles. The van der Waals surface area contributed by atoms with Crippen molar-refractivity contribution in [3.63, 3.8) is 0 Å². The van der Waals surface area contributed by atoms with E-state index in [0.29, 0.717) is 18.0 Å². The number of hydrogen-bond donors (Lipinski definition) is 2. The van der Waals surface area contributed by atoms with Gasteiger partial charge in [-0.1, -0.05) is 30.3 Å². The summed E-state index contributed by atoms with van der Waals surface area (Å²) in [6.07, 6.45) is 3.20. The summed E-state index contributed by atoms with van der Waals surface area (Å²) in [6, 6.07) is 8.95. The molecule has 1 aromatic heterocycles. The first kappa shape index (κ1) is 21.1. The molecule has 0 aliphatic rings. The number of benzene rings is 1. The molecule has 0 aliphatic heterocycles. The van der Waals surface area contributed by atoms with Gasteiger partial charge in [-0.15, -0.1) is 23.7 Å². The standard InChI is InChI=1S/C17H21N3O3S.ClH/c18-14(15(21)16-19-10-11-24-16)8-4-5-9-20-17(22)23-12-13-6-2-1-3-7-13;/h1-3,6-7,10-11,14H,4-5,8-9,12,18H2,(H,20,22);1H. The van der Waals surface area contributed by atoms with E-state index in [-0.39, 0.29) is 24.8 Å². The van der Waals surface area contributed by atoms with Crippen LogP contribution in [-0.4, -0.2) is 29.4 Å². The predicted molar refractivity (Wildman–Crippen MR) is 100 cm³/mol. The van der Waals surface area contributed by atoms with Gasteiger partial charge >= 0.3 is 6.09 Å². The molecular weight excluding hydrogens is 362 g/mol. The highest BCUT2D eigenvalue weighted by molar-refractivity contribution is 7.11. The number of nitrogens with one attached hydrogen (secondary N) is 1. The molecule has 0 bridgehead atoms. The fraction of sp³-hybridized carbons (Fsp3) is 0.353. The molecule has 8 heteroatoms. The molecule has 0 radical (unpaired) electrons. The Morgan fingerprint density at radius 2 is 2.00 bits per heavy atom. The van der Waals surface area contributed by atoms with E-state index in [4.69, 9.17) is 10.5 Å². The van der Waals surface area contributed by atoms with Crippen LogP contribution in [0.25, 0.3) is 0 Å². The summed E-state index contributed by atoms with van der Waals surface area (Å²) in [4.78, 5) is 27.5. The molecule has 0 aliphatic carbocycles. The van der Waals surface area contributed by atoms with Crippen molar-refractivity contribution in [3.8, 4) is 0 Å². The summed E-state index contributed by atoms with van der Waals surface area (Å²) in [6.45, 7) is 0.742. The number of carbonyl (C=O) groups excluding carboxylic acids is 2. The summed E-state index contributed by atoms with van der Waals surface area (Å²) in [5.41, 5.74) is 6.81. The Balaban J connectivity index is 0.00000312. The first-order chi connectivity index (χ1) is 11.7. The van der Waals surface area contributed by atoms with Crippen molar-refractivity contribution in [3.05, 3.63) is 52.5 Å². The zero-order chi connectivity index (χ0) is 17.2. The number of thiazole rings is 1. The Labute approximate surface area is 157 Å². The monoisotopic (exact) mass is 383 g/mol. The SMILES string of the molecule is Cl.NC(CCCCNC(=O)OCc1ccccc1)C(=O)c1nccs1. The molecule has 0 fully saturated rings. The van der Waals surface area contributed by atoms with Gasteiger partial charge < -0.3 is 15.8 Å². The van der Waals surface area contributed by atoms with Gasteiger partial charge in [-0.05, 0) is 24.8 Å². The molecule has 25 heavy (non-hydrogen) atoms. The summed E-state index contributed by atoms with van der Waals surface area (Å²) in [7, 11) is 0. The van der Waals surface area contributed by atoms with Crippen molar-refractivity contribution < 1.29 is 14.3 Å². The molecule has 1 unspecified atom stereocenters. The van der Waals surface area contributed by atoms with Gasteiger partial charge in [0.05, 0.1) is 6.04 Å². The minimum atomic E-state index is -0.541. The number of hydrogen-bond acceptors (Lipinski definition) is 6. The molecule has 1 atom stereocenters. The lowest BCUT2D eigenvalue weighted by atomic mass is 10.1. The number of amides is 1. The number of ether oxygens (including phenoxy) is 1. The smallest absolute Gasteiger partial charge is 0.407 e. The average molecular weight is 384 g/mol. The Morgan fingerprint density at radius 3 is 2.68 bits per heavy atom. The van der Waals surface area contributed by atoms with Gasteiger partial charge in [0.2, 0.25) is 5.78 Å². The number of nitrogens with two attached hydrogens (primary N) is 1. The number of carbonyl (C=O) groups is 2. The number of Topliss-reactive ketones (excluding diaryl/α,β-unsaturated/α-hetero) is 1. The molecule has 136 valence electrons. The molecule has 0 spiro atoms. The second kappa shape index (κ2) is 11.6. The number of alkyl carbamates (subject to hydrolysis) is 1. The van der Waals surface area contributed by atoms with E-state index in [0.717, 1.165) is 18.4 Å². The van der Waals surface area contributed by atoms with Gasteiger partial charge in [0, 0.05) is 18.1 Å². The van der Waals surface area contributed by atoms with Crippen molar-refractivity contribution in [1.29, 1.82) is 0 Å². The van der Waals surface area contributed by atoms with E-state index >= 15 is 0 Å². The van der Waals surface area contributed by atoms with Crippen molar-refractivity contribution in [2.45, 2.75) is 31.9 Å². The van der Waals surface area contributed by atoms with Gasteiger partial charge in [-0.3, -0.25) is 4.79 Å². The summed E-state index contributed by atoms with van der Waals surface area (Å²) in [5, 5.41) is 4.89. The first-order valence-electron chi connectivity index (χ1n) is 7.80. The van der Waals surface area contributed by atoms with E-state index in [1.54, 1.807) is 11.6 Å². The maximum absolute atomic E-state index is 11.9. The summed E-state index contributed by atoms with van der Waals surface area (Å²) >= 11 is 1.30. The van der Waals surface area contributed by atoms with E-state index in [2.05, 4.69) is 10.3 Å². The maximum atomic E-state index is 11.9. The van der Waals surface area contributed by atoms with Crippen molar-refractivity contribution >= 4 is 35.6 Å². The van der Waals surface area contributed by atoms with Gasteiger partial charge in [-0.2, -0.15) is 0 Å². The van der Waals surface area contributed by atoms with Crippen molar-refractivity contribution in [2.24, 2.45) is 5.73 Å². The highest BCUT2D eigenvalue weighted by atomic mass is 35.5. The number of unbranched alkanes of at least 4 members (excludes halogenated alkanes) is 1. The van der Waals surface area contributed by atoms with Gasteiger partial charge in [-0.25, -0.2) is 9.78 Å². The third kappa shape index (κ3) is 7.64. The largest absolute Gasteiger partial charge is 0.445 e. The summed E-state index contributed by atoms with van der Waals surface area (Å²) in [5.74, 6) is -0.125. The van der Waals surface area contributed by atoms with Gasteiger partial charge in [0.25, 0.3) is 0 Å². The summed E-state index contributed by atoms with van der Waals surface area (Å²) < 4.78 is 5.11. The third-order valence-electron chi connectivity index (χ3n) is 3.40. The Kier molecular flexibility index (Phi) is 9.76. The molecule has 1 heterocycles. The Hall–Kier alpha value is -1.96. The van der Waals surface area contributed by atoms with Crippen molar-refractivity contribution in [1.82, 2.24) is 10.3 Å². The van der Waals surface area contributed by atoms with Crippen LogP contribution in [0.3, 0.4) is 0 Å². The van der Waals surface area contributed by atoms with Crippen LogP contribution in [-0.2, 0) is 11.3 Å². The minimum Gasteiger partial charge on any atom is -0.445 e. The molecule has 2 rings (SSSR count). The third-order valence-corrected chi connectivity index (χ3v) is 4.19. The molecule has 6 nitrogen and oxygen atoms in total. The Morgan fingerprint density at radius 1 is 1.24 bits per heavy atom. The van der Waals surface area contributed by atoms with E-state index in [1.165, 1.54) is 11.3 Å². The van der Waals surface area contributed by atoms with Crippen LogP contribution >= 0.6 is 23.7 Å². The zero-order valence-corrected chi connectivity index (χ0v) is 15.4. The normalized spacial score (nSPS) is 11.2. The lowest BCUT2D eigenvalue weighted by Gasteiger charge is -2.09. The van der Waals surface area contributed by atoms with Crippen LogP contribution in [0.4, 0.5) is 4.79 Å². The zero-order valence-electron chi connectivity index (χ0n) is 13.7. The van der Waals surface area contributed by atoms with Crippen LogP contribution in [0.2, 0.25) is 0 Å². The quantitative estimate of drug-likeness (QED) is 0.512. The lowest BCUT2D eigenvalue weighted by molar-refractivity contribution is 0.0955. The van der Waals surface area contributed by atoms with Crippen LogP contribution in [0.1, 0.15) is 34.6 Å². The fourth-order valence-corrected chi connectivity index (χ4v) is 2.73. The molecular formula is C17H22ClN3O3S. The predicted octanol–water partition coefficient (Wildman–Crippen LogP) is 3.17. The molecule has 0 saturated heterocycles. The van der Waals surface area contributed by atoms with Gasteiger partial charge in [0.15, 0.2) is 5.01 Å². The molecule has 2 aromatic rings. The molecule has 1 amide bonds. The van der Waals surface area contributed by atoms with Crippen LogP contribution in [0.15, 0.2) is 41.9 Å². The lowest BCUT2D eigenvalue weighted by Crippen LogP contribution is -2.31. The number of ketones is 1. The topological polar surface area (TPSA) is 94.3 Å². The highest BCUT2D eigenvalue weighted by Crippen LogP contribution is 2.10. The van der Waals surface area contributed by atoms with E-state index in [9.17, 15) is 9.59 Å². The van der Waals surface area contributed by atoms with Gasteiger partial charge in [0.1, 0.15) is 6.61 Å². The minimum absolute atomic E-state index is 0. The fourth-order valence-electron chi connectivity index (χ4n) is 2.09.